The number of hydrogen-bond donors (Lipinski definition) is 0. The van der Waals surface area contributed by atoms with Gasteiger partial charge in [0.15, 0.2) is 0 Å². The average molecular weight is 451 g/mol. The fourth-order valence-corrected chi connectivity index (χ4v) is 4.73. The van der Waals surface area contributed by atoms with Crippen LogP contribution in [0.3, 0.4) is 0 Å². The summed E-state index contributed by atoms with van der Waals surface area (Å²) in [6, 6.07) is 0. The van der Waals surface area contributed by atoms with Crippen LogP contribution in [0.1, 0.15) is 149 Å². The molecular formula is C25H51FO3S. The highest BCUT2D eigenvalue weighted by Crippen LogP contribution is 2.17. The molecule has 0 fully saturated rings. The fraction of sp³-hybridized carbons (Fsp3) is 1.00. The molecular weight excluding hydrogens is 399 g/mol. The number of halogens is 1. The largest absolute Gasteiger partial charge is 0.299 e. The van der Waals surface area contributed by atoms with Gasteiger partial charge in [0.05, 0.1) is 6.61 Å². The van der Waals surface area contributed by atoms with Crippen molar-refractivity contribution in [2.45, 2.75) is 154 Å². The molecule has 0 bridgehead atoms. The van der Waals surface area contributed by atoms with Crippen LogP contribution in [0.15, 0.2) is 0 Å². The summed E-state index contributed by atoms with van der Waals surface area (Å²) in [5, 5.41) is 0. The zero-order valence-electron chi connectivity index (χ0n) is 20.1. The van der Waals surface area contributed by atoms with Gasteiger partial charge in [-0.3, -0.25) is 4.18 Å². The molecule has 0 saturated heterocycles. The maximum atomic E-state index is 14.0. The van der Waals surface area contributed by atoms with E-state index in [9.17, 15) is 12.8 Å². The lowest BCUT2D eigenvalue weighted by atomic mass is 10.0. The van der Waals surface area contributed by atoms with Gasteiger partial charge in [0.1, 0.15) is 0 Å². The molecule has 0 rings (SSSR count). The molecule has 0 aromatic rings. The smallest absolute Gasteiger partial charge is 0.268 e. The van der Waals surface area contributed by atoms with Crippen molar-refractivity contribution in [2.24, 2.45) is 0 Å². The van der Waals surface area contributed by atoms with Gasteiger partial charge in [-0.1, -0.05) is 129 Å². The molecule has 0 radical (unpaired) electrons. The van der Waals surface area contributed by atoms with E-state index in [1.807, 2.05) is 0 Å². The summed E-state index contributed by atoms with van der Waals surface area (Å²) in [5.41, 5.74) is -1.87. The Morgan fingerprint density at radius 3 is 1.30 bits per heavy atom. The van der Waals surface area contributed by atoms with Crippen LogP contribution in [-0.4, -0.2) is 20.5 Å². The van der Waals surface area contributed by atoms with E-state index >= 15 is 0 Å². The SMILES string of the molecule is CCCCCCCCCCCCCCCOS(=O)(=O)C(F)CCCCCCCCC. The van der Waals surface area contributed by atoms with Crippen LogP contribution in [0.4, 0.5) is 4.39 Å². The summed E-state index contributed by atoms with van der Waals surface area (Å²) in [7, 11) is -4.04. The second kappa shape index (κ2) is 22.0. The summed E-state index contributed by atoms with van der Waals surface area (Å²) in [5.74, 6) is 0. The minimum absolute atomic E-state index is 0.0642. The molecule has 0 saturated carbocycles. The Morgan fingerprint density at radius 2 is 0.900 bits per heavy atom. The molecule has 0 aliphatic heterocycles. The monoisotopic (exact) mass is 450 g/mol. The number of rotatable bonds is 24. The van der Waals surface area contributed by atoms with Crippen molar-refractivity contribution in [2.75, 3.05) is 6.61 Å². The van der Waals surface area contributed by atoms with E-state index in [4.69, 9.17) is 4.18 Å². The highest BCUT2D eigenvalue weighted by Gasteiger charge is 2.25. The molecule has 5 heteroatoms. The Labute approximate surface area is 188 Å². The third kappa shape index (κ3) is 19.8. The third-order valence-corrected chi connectivity index (χ3v) is 7.20. The van der Waals surface area contributed by atoms with Gasteiger partial charge in [-0.2, -0.15) is 8.42 Å². The minimum atomic E-state index is -4.04. The first-order chi connectivity index (χ1) is 14.5. The van der Waals surface area contributed by atoms with E-state index in [0.717, 1.165) is 32.1 Å². The number of unbranched alkanes of at least 4 members (excludes halogenated alkanes) is 18. The average Bonchev–Trinajstić information content (AvgIpc) is 2.73. The molecule has 30 heavy (non-hydrogen) atoms. The molecule has 0 amide bonds. The van der Waals surface area contributed by atoms with Crippen molar-refractivity contribution in [3.8, 4) is 0 Å². The van der Waals surface area contributed by atoms with Crippen LogP contribution in [0.2, 0.25) is 0 Å². The molecule has 0 spiro atoms. The second-order valence-corrected chi connectivity index (χ2v) is 10.6. The zero-order chi connectivity index (χ0) is 22.3. The number of alkyl halides is 1. The Morgan fingerprint density at radius 1 is 0.567 bits per heavy atom. The molecule has 0 aliphatic carbocycles. The maximum absolute atomic E-state index is 14.0. The Bertz CT molecular complexity index is 440. The first-order valence-electron chi connectivity index (χ1n) is 13.1. The second-order valence-electron chi connectivity index (χ2n) is 8.88. The highest BCUT2D eigenvalue weighted by molar-refractivity contribution is 7.87. The summed E-state index contributed by atoms with van der Waals surface area (Å²) < 4.78 is 42.6. The van der Waals surface area contributed by atoms with E-state index in [-0.39, 0.29) is 13.0 Å². The van der Waals surface area contributed by atoms with Crippen molar-refractivity contribution < 1.29 is 17.0 Å². The van der Waals surface area contributed by atoms with Crippen molar-refractivity contribution in [3.05, 3.63) is 0 Å². The van der Waals surface area contributed by atoms with Crippen molar-refractivity contribution >= 4 is 10.1 Å². The summed E-state index contributed by atoms with van der Waals surface area (Å²) in [6.45, 7) is 4.55. The van der Waals surface area contributed by atoms with Gasteiger partial charge in [-0.05, 0) is 19.3 Å². The first-order valence-corrected chi connectivity index (χ1v) is 14.5. The normalized spacial score (nSPS) is 13.0. The quantitative estimate of drug-likeness (QED) is 0.109. The summed E-state index contributed by atoms with van der Waals surface area (Å²) in [4.78, 5) is 0. The molecule has 0 N–H and O–H groups in total. The van der Waals surface area contributed by atoms with Crippen molar-refractivity contribution in [1.29, 1.82) is 0 Å². The van der Waals surface area contributed by atoms with E-state index in [1.165, 1.54) is 83.5 Å². The molecule has 0 heterocycles. The van der Waals surface area contributed by atoms with E-state index in [1.54, 1.807) is 0 Å². The van der Waals surface area contributed by atoms with E-state index in [2.05, 4.69) is 13.8 Å². The summed E-state index contributed by atoms with van der Waals surface area (Å²) >= 11 is 0. The van der Waals surface area contributed by atoms with Gasteiger partial charge in [0.25, 0.3) is 10.1 Å². The Kier molecular flexibility index (Phi) is 21.9. The van der Waals surface area contributed by atoms with Gasteiger partial charge in [-0.15, -0.1) is 0 Å². The minimum Gasteiger partial charge on any atom is -0.268 e. The molecule has 182 valence electrons. The van der Waals surface area contributed by atoms with E-state index < -0.39 is 15.6 Å². The van der Waals surface area contributed by atoms with Crippen LogP contribution in [0.25, 0.3) is 0 Å². The van der Waals surface area contributed by atoms with Gasteiger partial charge in [-0.25, -0.2) is 4.39 Å². The maximum Gasteiger partial charge on any atom is 0.299 e. The highest BCUT2D eigenvalue weighted by atomic mass is 32.2. The lowest BCUT2D eigenvalue weighted by Crippen LogP contribution is -2.19. The van der Waals surface area contributed by atoms with Gasteiger partial charge >= 0.3 is 0 Å². The standard InChI is InChI=1S/C25H51FO3S/c1-3-5-7-9-11-12-13-14-15-16-18-20-22-24-29-30(27,28)25(26)23-21-19-17-10-8-6-4-2/h25H,3-24H2,1-2H3. The van der Waals surface area contributed by atoms with Gasteiger partial charge in [0.2, 0.25) is 5.50 Å². The predicted molar refractivity (Wildman–Crippen MR) is 128 cm³/mol. The lowest BCUT2D eigenvalue weighted by Gasteiger charge is -2.10. The summed E-state index contributed by atoms with van der Waals surface area (Å²) in [6.07, 6.45) is 23.5. The molecule has 0 aliphatic rings. The molecule has 3 nitrogen and oxygen atoms in total. The van der Waals surface area contributed by atoms with Crippen LogP contribution < -0.4 is 0 Å². The lowest BCUT2D eigenvalue weighted by molar-refractivity contribution is 0.270. The van der Waals surface area contributed by atoms with Crippen LogP contribution in [0, 0.1) is 0 Å². The van der Waals surface area contributed by atoms with Gasteiger partial charge in [0, 0.05) is 0 Å². The Hall–Kier alpha value is -0.160. The topological polar surface area (TPSA) is 43.4 Å². The fourth-order valence-electron chi connectivity index (χ4n) is 3.78. The number of hydrogen-bond acceptors (Lipinski definition) is 3. The molecule has 1 unspecified atom stereocenters. The zero-order valence-corrected chi connectivity index (χ0v) is 21.0. The first kappa shape index (κ1) is 29.8. The van der Waals surface area contributed by atoms with Crippen LogP contribution >= 0.6 is 0 Å². The van der Waals surface area contributed by atoms with Crippen molar-refractivity contribution in [1.82, 2.24) is 0 Å². The Balaban J connectivity index is 3.46. The third-order valence-electron chi connectivity index (χ3n) is 5.84. The van der Waals surface area contributed by atoms with Crippen LogP contribution in [-0.2, 0) is 14.3 Å². The van der Waals surface area contributed by atoms with Crippen LogP contribution in [0.5, 0.6) is 0 Å². The molecule has 0 aromatic heterocycles. The predicted octanol–water partition coefficient (Wildman–Crippen LogP) is 8.86. The van der Waals surface area contributed by atoms with Crippen molar-refractivity contribution in [3.63, 3.8) is 0 Å². The molecule has 0 aromatic carbocycles. The molecule has 1 atom stereocenters. The van der Waals surface area contributed by atoms with Gasteiger partial charge < -0.3 is 0 Å². The van der Waals surface area contributed by atoms with E-state index in [0.29, 0.717) is 12.8 Å².